The van der Waals surface area contributed by atoms with Crippen molar-refractivity contribution in [3.8, 4) is 0 Å². The standard InChI is InChI=1S/C11H18N4O/c1-2-15-10(6-7-13-15)14-11(16)8-4-3-5-9(8)12/h6-9H,2-5,12H2,1H3,(H,14,16). The first-order chi connectivity index (χ1) is 7.72. The number of aromatic nitrogens is 2. The van der Waals surface area contributed by atoms with Gasteiger partial charge in [0.1, 0.15) is 5.82 Å². The summed E-state index contributed by atoms with van der Waals surface area (Å²) in [4.78, 5) is 12.0. The lowest BCUT2D eigenvalue weighted by Gasteiger charge is -2.15. The summed E-state index contributed by atoms with van der Waals surface area (Å²) < 4.78 is 1.76. The van der Waals surface area contributed by atoms with Crippen molar-refractivity contribution in [2.75, 3.05) is 5.32 Å². The third-order valence-corrected chi connectivity index (χ3v) is 3.17. The van der Waals surface area contributed by atoms with Gasteiger partial charge in [-0.25, -0.2) is 4.68 Å². The Hall–Kier alpha value is -1.36. The second-order valence-corrected chi connectivity index (χ2v) is 4.22. The molecule has 5 heteroatoms. The minimum absolute atomic E-state index is 0.0120. The molecule has 1 heterocycles. The van der Waals surface area contributed by atoms with Crippen LogP contribution in [0.1, 0.15) is 26.2 Å². The molecule has 1 fully saturated rings. The van der Waals surface area contributed by atoms with Gasteiger partial charge in [0.05, 0.1) is 12.1 Å². The third-order valence-electron chi connectivity index (χ3n) is 3.17. The molecule has 1 saturated carbocycles. The Bertz CT molecular complexity index is 374. The van der Waals surface area contributed by atoms with Crippen LogP contribution in [-0.2, 0) is 11.3 Å². The summed E-state index contributed by atoms with van der Waals surface area (Å²) in [6.07, 6.45) is 4.58. The van der Waals surface area contributed by atoms with E-state index in [4.69, 9.17) is 5.73 Å². The molecule has 0 spiro atoms. The monoisotopic (exact) mass is 222 g/mol. The van der Waals surface area contributed by atoms with E-state index < -0.39 is 0 Å². The zero-order valence-corrected chi connectivity index (χ0v) is 9.52. The van der Waals surface area contributed by atoms with Gasteiger partial charge in [-0.1, -0.05) is 6.42 Å². The van der Waals surface area contributed by atoms with Crippen molar-refractivity contribution in [3.63, 3.8) is 0 Å². The van der Waals surface area contributed by atoms with Gasteiger partial charge >= 0.3 is 0 Å². The van der Waals surface area contributed by atoms with Crippen LogP contribution in [0.5, 0.6) is 0 Å². The van der Waals surface area contributed by atoms with Gasteiger partial charge in [0.15, 0.2) is 0 Å². The summed E-state index contributed by atoms with van der Waals surface area (Å²) in [5.74, 6) is 0.743. The van der Waals surface area contributed by atoms with E-state index in [9.17, 15) is 4.79 Å². The van der Waals surface area contributed by atoms with Crippen molar-refractivity contribution in [2.24, 2.45) is 11.7 Å². The number of amides is 1. The van der Waals surface area contributed by atoms with Crippen LogP contribution < -0.4 is 11.1 Å². The summed E-state index contributed by atoms with van der Waals surface area (Å²) in [5, 5.41) is 7.00. The van der Waals surface area contributed by atoms with Crippen LogP contribution in [0.2, 0.25) is 0 Å². The number of carbonyl (C=O) groups excluding carboxylic acids is 1. The SMILES string of the molecule is CCn1nccc1NC(=O)C1CCCC1N. The number of hydrogen-bond acceptors (Lipinski definition) is 3. The maximum Gasteiger partial charge on any atom is 0.230 e. The number of nitrogens with two attached hydrogens (primary N) is 1. The lowest BCUT2D eigenvalue weighted by Crippen LogP contribution is -2.34. The Morgan fingerprint density at radius 2 is 2.50 bits per heavy atom. The number of aryl methyl sites for hydroxylation is 1. The fourth-order valence-corrected chi connectivity index (χ4v) is 2.22. The van der Waals surface area contributed by atoms with Crippen LogP contribution >= 0.6 is 0 Å². The molecule has 16 heavy (non-hydrogen) atoms. The molecule has 1 aliphatic carbocycles. The molecule has 2 unspecified atom stereocenters. The molecule has 88 valence electrons. The largest absolute Gasteiger partial charge is 0.327 e. The lowest BCUT2D eigenvalue weighted by atomic mass is 10.0. The zero-order valence-electron chi connectivity index (χ0n) is 9.52. The first-order valence-corrected chi connectivity index (χ1v) is 5.80. The van der Waals surface area contributed by atoms with Gasteiger partial charge in [-0.15, -0.1) is 0 Å². The average Bonchev–Trinajstić information content (AvgIpc) is 2.86. The minimum Gasteiger partial charge on any atom is -0.327 e. The lowest BCUT2D eigenvalue weighted by molar-refractivity contribution is -0.120. The highest BCUT2D eigenvalue weighted by Crippen LogP contribution is 2.25. The van der Waals surface area contributed by atoms with E-state index in [1.54, 1.807) is 10.9 Å². The topological polar surface area (TPSA) is 72.9 Å². The summed E-state index contributed by atoms with van der Waals surface area (Å²) in [5.41, 5.74) is 5.90. The van der Waals surface area contributed by atoms with Crippen LogP contribution in [0.3, 0.4) is 0 Å². The number of nitrogens with one attached hydrogen (secondary N) is 1. The van der Waals surface area contributed by atoms with Gasteiger partial charge in [-0.2, -0.15) is 5.10 Å². The second-order valence-electron chi connectivity index (χ2n) is 4.22. The van der Waals surface area contributed by atoms with Crippen LogP contribution in [0.25, 0.3) is 0 Å². The molecule has 0 aromatic carbocycles. The molecule has 1 aliphatic rings. The molecule has 1 aromatic heterocycles. The fraction of sp³-hybridized carbons (Fsp3) is 0.636. The Kier molecular flexibility index (Phi) is 3.24. The maximum absolute atomic E-state index is 12.0. The first-order valence-electron chi connectivity index (χ1n) is 5.80. The van der Waals surface area contributed by atoms with Crippen LogP contribution in [0, 0.1) is 5.92 Å². The molecular formula is C11H18N4O. The predicted octanol–water partition coefficient (Wildman–Crippen LogP) is 0.969. The maximum atomic E-state index is 12.0. The highest BCUT2D eigenvalue weighted by molar-refractivity contribution is 5.92. The van der Waals surface area contributed by atoms with E-state index in [1.165, 1.54) is 0 Å². The Balaban J connectivity index is 2.02. The molecule has 0 saturated heterocycles. The van der Waals surface area contributed by atoms with Crippen molar-refractivity contribution in [1.29, 1.82) is 0 Å². The van der Waals surface area contributed by atoms with Gasteiger partial charge in [0.25, 0.3) is 0 Å². The van der Waals surface area contributed by atoms with E-state index in [-0.39, 0.29) is 17.9 Å². The molecule has 0 bridgehead atoms. The van der Waals surface area contributed by atoms with Crippen LogP contribution in [-0.4, -0.2) is 21.7 Å². The van der Waals surface area contributed by atoms with E-state index in [1.807, 2.05) is 13.0 Å². The number of anilines is 1. The molecule has 0 radical (unpaired) electrons. The van der Waals surface area contributed by atoms with Gasteiger partial charge in [-0.3, -0.25) is 4.79 Å². The second kappa shape index (κ2) is 4.65. The van der Waals surface area contributed by atoms with Crippen molar-refractivity contribution in [3.05, 3.63) is 12.3 Å². The van der Waals surface area contributed by atoms with E-state index >= 15 is 0 Å². The summed E-state index contributed by atoms with van der Waals surface area (Å²) in [7, 11) is 0. The molecule has 1 amide bonds. The van der Waals surface area contributed by atoms with Gasteiger partial charge in [0.2, 0.25) is 5.91 Å². The van der Waals surface area contributed by atoms with E-state index in [0.29, 0.717) is 0 Å². The van der Waals surface area contributed by atoms with E-state index in [0.717, 1.165) is 31.6 Å². The summed E-state index contributed by atoms with van der Waals surface area (Å²) in [6.45, 7) is 2.74. The first kappa shape index (κ1) is 11.1. The van der Waals surface area contributed by atoms with Crippen molar-refractivity contribution in [1.82, 2.24) is 9.78 Å². The minimum atomic E-state index is -0.0415. The molecule has 1 aromatic rings. The quantitative estimate of drug-likeness (QED) is 0.800. The average molecular weight is 222 g/mol. The zero-order chi connectivity index (χ0) is 11.5. The summed E-state index contributed by atoms with van der Waals surface area (Å²) in [6, 6.07) is 1.82. The number of nitrogens with zero attached hydrogens (tertiary/aromatic N) is 2. The molecule has 2 rings (SSSR count). The Labute approximate surface area is 95.0 Å². The van der Waals surface area contributed by atoms with Crippen molar-refractivity contribution in [2.45, 2.75) is 38.8 Å². The van der Waals surface area contributed by atoms with Gasteiger partial charge < -0.3 is 11.1 Å². The van der Waals surface area contributed by atoms with E-state index in [2.05, 4.69) is 10.4 Å². The molecule has 5 nitrogen and oxygen atoms in total. The van der Waals surface area contributed by atoms with Crippen molar-refractivity contribution >= 4 is 11.7 Å². The molecule has 3 N–H and O–H groups in total. The smallest absolute Gasteiger partial charge is 0.230 e. The number of rotatable bonds is 3. The molecule has 2 atom stereocenters. The van der Waals surface area contributed by atoms with Crippen molar-refractivity contribution < 1.29 is 4.79 Å². The molecule has 0 aliphatic heterocycles. The number of carbonyl (C=O) groups is 1. The van der Waals surface area contributed by atoms with Gasteiger partial charge in [-0.05, 0) is 19.8 Å². The predicted molar refractivity (Wildman–Crippen MR) is 61.8 cm³/mol. The Morgan fingerprint density at radius 1 is 1.69 bits per heavy atom. The fourth-order valence-electron chi connectivity index (χ4n) is 2.22. The third kappa shape index (κ3) is 2.09. The highest BCUT2D eigenvalue weighted by atomic mass is 16.2. The Morgan fingerprint density at radius 3 is 3.12 bits per heavy atom. The van der Waals surface area contributed by atoms with Crippen LogP contribution in [0.15, 0.2) is 12.3 Å². The normalized spacial score (nSPS) is 24.6. The van der Waals surface area contributed by atoms with Crippen LogP contribution in [0.4, 0.5) is 5.82 Å². The summed E-state index contributed by atoms with van der Waals surface area (Å²) >= 11 is 0. The molecular weight excluding hydrogens is 204 g/mol. The number of hydrogen-bond donors (Lipinski definition) is 2. The highest BCUT2D eigenvalue weighted by Gasteiger charge is 2.30. The van der Waals surface area contributed by atoms with Gasteiger partial charge in [0, 0.05) is 18.7 Å².